The standard InChI is InChI=1S/C17H28N2O6/c1-3-10-23-15(20)17(5-6-18,16(21)24-11-4-2)25-14-9-19-7-12-22-13-8-19/h3-4H,1-2,5-14,18H2. The second kappa shape index (κ2) is 11.8. The molecule has 0 atom stereocenters. The normalized spacial score (nSPS) is 15.4. The Balaban J connectivity index is 2.80. The lowest BCUT2D eigenvalue weighted by molar-refractivity contribution is -0.191. The van der Waals surface area contributed by atoms with E-state index in [1.807, 2.05) is 0 Å². The van der Waals surface area contributed by atoms with Crippen molar-refractivity contribution >= 4 is 11.9 Å². The van der Waals surface area contributed by atoms with Gasteiger partial charge in [-0.3, -0.25) is 4.90 Å². The smallest absolute Gasteiger partial charge is 0.350 e. The van der Waals surface area contributed by atoms with Crippen molar-refractivity contribution in [2.24, 2.45) is 5.73 Å². The topological polar surface area (TPSA) is 100 Å². The van der Waals surface area contributed by atoms with Gasteiger partial charge in [-0.05, 0) is 6.54 Å². The van der Waals surface area contributed by atoms with Crippen molar-refractivity contribution < 1.29 is 28.5 Å². The molecule has 8 nitrogen and oxygen atoms in total. The number of hydrogen-bond acceptors (Lipinski definition) is 8. The Morgan fingerprint density at radius 1 is 1.12 bits per heavy atom. The molecule has 0 aliphatic carbocycles. The number of rotatable bonds is 12. The summed E-state index contributed by atoms with van der Waals surface area (Å²) in [6.45, 7) is 10.5. The fourth-order valence-corrected chi connectivity index (χ4v) is 2.36. The lowest BCUT2D eigenvalue weighted by Crippen LogP contribution is -2.53. The molecule has 1 rings (SSSR count). The summed E-state index contributed by atoms with van der Waals surface area (Å²) < 4.78 is 21.1. The lowest BCUT2D eigenvalue weighted by atomic mass is 9.99. The van der Waals surface area contributed by atoms with Crippen LogP contribution in [0.1, 0.15) is 6.42 Å². The Morgan fingerprint density at radius 2 is 1.68 bits per heavy atom. The number of nitrogens with zero attached hydrogens (tertiary/aromatic N) is 1. The molecule has 8 heteroatoms. The van der Waals surface area contributed by atoms with E-state index < -0.39 is 17.5 Å². The van der Waals surface area contributed by atoms with Gasteiger partial charge in [-0.2, -0.15) is 0 Å². The third kappa shape index (κ3) is 6.58. The summed E-state index contributed by atoms with van der Waals surface area (Å²) in [6.07, 6.45) is 2.78. The highest BCUT2D eigenvalue weighted by Crippen LogP contribution is 2.21. The van der Waals surface area contributed by atoms with Crippen LogP contribution in [0.15, 0.2) is 25.3 Å². The Bertz CT molecular complexity index is 424. The minimum atomic E-state index is -1.88. The molecule has 0 saturated carbocycles. The highest BCUT2D eigenvalue weighted by Gasteiger charge is 2.50. The van der Waals surface area contributed by atoms with E-state index in [1.54, 1.807) is 0 Å². The van der Waals surface area contributed by atoms with Gasteiger partial charge in [0.1, 0.15) is 13.2 Å². The molecule has 1 aliphatic rings. The summed E-state index contributed by atoms with van der Waals surface area (Å²) >= 11 is 0. The Hall–Kier alpha value is -1.74. The quantitative estimate of drug-likeness (QED) is 0.293. The first-order chi connectivity index (χ1) is 12.1. The molecule has 0 unspecified atom stereocenters. The summed E-state index contributed by atoms with van der Waals surface area (Å²) in [5, 5.41) is 0. The van der Waals surface area contributed by atoms with Crippen LogP contribution in [0.2, 0.25) is 0 Å². The zero-order valence-electron chi connectivity index (χ0n) is 14.6. The van der Waals surface area contributed by atoms with Crippen molar-refractivity contribution in [1.82, 2.24) is 4.90 Å². The molecule has 1 saturated heterocycles. The molecule has 0 aromatic heterocycles. The fourth-order valence-electron chi connectivity index (χ4n) is 2.36. The van der Waals surface area contributed by atoms with Crippen molar-refractivity contribution in [1.29, 1.82) is 0 Å². The van der Waals surface area contributed by atoms with E-state index in [4.69, 9.17) is 24.7 Å². The van der Waals surface area contributed by atoms with Gasteiger partial charge < -0.3 is 24.7 Å². The maximum Gasteiger partial charge on any atom is 0.350 e. The maximum absolute atomic E-state index is 12.5. The first-order valence-corrected chi connectivity index (χ1v) is 8.31. The number of morpholine rings is 1. The van der Waals surface area contributed by atoms with Gasteiger partial charge in [0.25, 0.3) is 5.60 Å². The van der Waals surface area contributed by atoms with Gasteiger partial charge in [-0.15, -0.1) is 0 Å². The van der Waals surface area contributed by atoms with Crippen molar-refractivity contribution in [3.05, 3.63) is 25.3 Å². The molecular formula is C17H28N2O6. The van der Waals surface area contributed by atoms with Crippen LogP contribution < -0.4 is 5.73 Å². The number of esters is 2. The van der Waals surface area contributed by atoms with E-state index in [1.165, 1.54) is 12.2 Å². The molecule has 1 fully saturated rings. The van der Waals surface area contributed by atoms with Gasteiger partial charge in [-0.25, -0.2) is 9.59 Å². The second-order valence-electron chi connectivity index (χ2n) is 5.44. The zero-order chi connectivity index (χ0) is 18.5. The van der Waals surface area contributed by atoms with Crippen molar-refractivity contribution in [2.45, 2.75) is 12.0 Å². The van der Waals surface area contributed by atoms with Gasteiger partial charge in [-0.1, -0.05) is 25.3 Å². The zero-order valence-corrected chi connectivity index (χ0v) is 14.6. The first kappa shape index (κ1) is 21.3. The first-order valence-electron chi connectivity index (χ1n) is 8.31. The van der Waals surface area contributed by atoms with Crippen LogP contribution in [0.5, 0.6) is 0 Å². The van der Waals surface area contributed by atoms with E-state index in [-0.39, 0.29) is 32.8 Å². The van der Waals surface area contributed by atoms with Gasteiger partial charge in [0, 0.05) is 26.1 Å². The third-order valence-electron chi connectivity index (χ3n) is 3.68. The summed E-state index contributed by atoms with van der Waals surface area (Å²) in [5.74, 6) is -1.65. The van der Waals surface area contributed by atoms with E-state index in [0.29, 0.717) is 19.8 Å². The average molecular weight is 356 g/mol. The molecule has 1 aliphatic heterocycles. The lowest BCUT2D eigenvalue weighted by Gasteiger charge is -2.31. The molecule has 0 spiro atoms. The third-order valence-corrected chi connectivity index (χ3v) is 3.68. The number of hydrogen-bond donors (Lipinski definition) is 1. The van der Waals surface area contributed by atoms with Crippen LogP contribution in [-0.2, 0) is 28.5 Å². The Kier molecular flexibility index (Phi) is 10.0. The van der Waals surface area contributed by atoms with Crippen LogP contribution in [0.3, 0.4) is 0 Å². The minimum Gasteiger partial charge on any atom is -0.459 e. The van der Waals surface area contributed by atoms with E-state index >= 15 is 0 Å². The molecule has 0 amide bonds. The predicted molar refractivity (Wildman–Crippen MR) is 91.9 cm³/mol. The van der Waals surface area contributed by atoms with Gasteiger partial charge in [0.2, 0.25) is 0 Å². The molecular weight excluding hydrogens is 328 g/mol. The molecule has 142 valence electrons. The Labute approximate surface area is 148 Å². The molecule has 0 radical (unpaired) electrons. The number of carbonyl (C=O) groups is 2. The fraction of sp³-hybridized carbons (Fsp3) is 0.647. The van der Waals surface area contributed by atoms with Gasteiger partial charge in [0.15, 0.2) is 0 Å². The van der Waals surface area contributed by atoms with Crippen molar-refractivity contribution in [3.8, 4) is 0 Å². The minimum absolute atomic E-state index is 0.0350. The van der Waals surface area contributed by atoms with E-state index in [0.717, 1.165) is 13.1 Å². The van der Waals surface area contributed by atoms with Crippen molar-refractivity contribution in [3.63, 3.8) is 0 Å². The van der Waals surface area contributed by atoms with Crippen LogP contribution in [-0.4, -0.2) is 81.7 Å². The predicted octanol–water partition coefficient (Wildman–Crippen LogP) is -0.119. The molecule has 2 N–H and O–H groups in total. The van der Waals surface area contributed by atoms with Crippen LogP contribution in [0.4, 0.5) is 0 Å². The molecule has 0 aromatic rings. The van der Waals surface area contributed by atoms with Crippen molar-refractivity contribution in [2.75, 3.05) is 59.2 Å². The SMILES string of the molecule is C=CCOC(=O)C(CCN)(OCCN1CCOCC1)C(=O)OCC=C. The largest absolute Gasteiger partial charge is 0.459 e. The van der Waals surface area contributed by atoms with Gasteiger partial charge in [0.05, 0.1) is 19.8 Å². The highest BCUT2D eigenvalue weighted by atomic mass is 16.6. The monoisotopic (exact) mass is 356 g/mol. The van der Waals surface area contributed by atoms with Crippen LogP contribution in [0.25, 0.3) is 0 Å². The summed E-state index contributed by atoms with van der Waals surface area (Å²) in [7, 11) is 0. The number of ether oxygens (including phenoxy) is 4. The summed E-state index contributed by atoms with van der Waals surface area (Å²) in [5.41, 5.74) is 3.72. The van der Waals surface area contributed by atoms with Gasteiger partial charge >= 0.3 is 11.9 Å². The summed E-state index contributed by atoms with van der Waals surface area (Å²) in [6, 6.07) is 0. The number of carbonyl (C=O) groups excluding carboxylic acids is 2. The Morgan fingerprint density at radius 3 is 2.16 bits per heavy atom. The van der Waals surface area contributed by atoms with E-state index in [9.17, 15) is 9.59 Å². The number of nitrogens with two attached hydrogens (primary N) is 1. The highest BCUT2D eigenvalue weighted by molar-refractivity contribution is 6.03. The average Bonchev–Trinajstić information content (AvgIpc) is 2.64. The molecule has 25 heavy (non-hydrogen) atoms. The summed E-state index contributed by atoms with van der Waals surface area (Å²) in [4.78, 5) is 27.1. The second-order valence-corrected chi connectivity index (χ2v) is 5.44. The van der Waals surface area contributed by atoms with Crippen LogP contribution >= 0.6 is 0 Å². The molecule has 0 aromatic carbocycles. The molecule has 1 heterocycles. The maximum atomic E-state index is 12.5. The van der Waals surface area contributed by atoms with Crippen LogP contribution in [0, 0.1) is 0 Å². The van der Waals surface area contributed by atoms with E-state index in [2.05, 4.69) is 18.1 Å². The molecule has 0 bridgehead atoms.